The molecule has 0 saturated carbocycles. The molecule has 1 saturated heterocycles. The number of carbonyl (C=O) groups is 3. The molecule has 1 fully saturated rings. The topological polar surface area (TPSA) is 152 Å². The van der Waals surface area contributed by atoms with Gasteiger partial charge in [0.15, 0.2) is 5.69 Å². The van der Waals surface area contributed by atoms with Gasteiger partial charge in [-0.15, -0.1) is 0 Å². The first-order chi connectivity index (χ1) is 19.0. The summed E-state index contributed by atoms with van der Waals surface area (Å²) in [5, 5.41) is 13.9. The number of alkyl halides is 3. The van der Waals surface area contributed by atoms with E-state index in [0.717, 1.165) is 17.0 Å². The molecule has 3 heterocycles. The Morgan fingerprint density at radius 2 is 2.00 bits per heavy atom. The average molecular weight is 565 g/mol. The number of nitrogens with zero attached hydrogens (tertiary/aromatic N) is 4. The molecule has 1 aliphatic rings. The predicted octanol–water partition coefficient (Wildman–Crippen LogP) is 2.67. The Morgan fingerprint density at radius 1 is 1.23 bits per heavy atom. The minimum Gasteiger partial charge on any atom is -0.382 e. The molecule has 4 amide bonds. The van der Waals surface area contributed by atoms with Crippen LogP contribution in [0.1, 0.15) is 39.4 Å². The first-order valence-corrected chi connectivity index (χ1v) is 11.7. The van der Waals surface area contributed by atoms with E-state index < -0.39 is 54.5 Å². The molecular weight excluding hydrogens is 542 g/mol. The number of anilines is 1. The quantitative estimate of drug-likeness (QED) is 0.335. The number of urea groups is 1. The fourth-order valence-electron chi connectivity index (χ4n) is 4.08. The van der Waals surface area contributed by atoms with Crippen LogP contribution in [0.5, 0.6) is 0 Å². The highest BCUT2D eigenvalue weighted by Gasteiger charge is 2.48. The number of aryl methyl sites for hydroxylation is 1. The standard InChI is InChI=1S/C24H23F4N7O5/c1-12-19(34-40-33-12)21(36)32-20(14-4-3-5-15(25)8-14)22(37)31-18-9-13(6-7-29-18)16(11-39-2)35-10-17(24(26,27)28)30-23(35)38/h3-9,16-17,20H,10-11H2,1-2H3,(H,30,38)(H,32,36)(H,29,31,37)/t16-,17+,20+/m1/s1. The van der Waals surface area contributed by atoms with Crippen LogP contribution in [0, 0.1) is 12.7 Å². The van der Waals surface area contributed by atoms with Crippen LogP contribution in [0.15, 0.2) is 47.2 Å². The maximum absolute atomic E-state index is 14.0. The van der Waals surface area contributed by atoms with Gasteiger partial charge in [-0.3, -0.25) is 9.59 Å². The minimum absolute atomic E-state index is 0.0504. The Bertz CT molecular complexity index is 1400. The van der Waals surface area contributed by atoms with Crippen molar-refractivity contribution in [2.24, 2.45) is 0 Å². The largest absolute Gasteiger partial charge is 0.410 e. The zero-order valence-corrected chi connectivity index (χ0v) is 21.0. The summed E-state index contributed by atoms with van der Waals surface area (Å²) < 4.78 is 63.3. The maximum atomic E-state index is 14.0. The van der Waals surface area contributed by atoms with Gasteiger partial charge in [-0.2, -0.15) is 13.2 Å². The number of hydrogen-bond acceptors (Lipinski definition) is 8. The lowest BCUT2D eigenvalue weighted by Crippen LogP contribution is -2.40. The van der Waals surface area contributed by atoms with Crippen molar-refractivity contribution in [3.63, 3.8) is 0 Å². The molecule has 2 aromatic heterocycles. The van der Waals surface area contributed by atoms with Crippen molar-refractivity contribution in [2.45, 2.75) is 31.2 Å². The second-order valence-electron chi connectivity index (χ2n) is 8.79. The number of pyridine rings is 1. The first-order valence-electron chi connectivity index (χ1n) is 11.7. The summed E-state index contributed by atoms with van der Waals surface area (Å²) in [4.78, 5) is 43.5. The summed E-state index contributed by atoms with van der Waals surface area (Å²) in [6.45, 7) is 0.666. The van der Waals surface area contributed by atoms with Crippen LogP contribution in [0.4, 0.5) is 28.2 Å². The van der Waals surface area contributed by atoms with Crippen LogP contribution in [0.3, 0.4) is 0 Å². The van der Waals surface area contributed by atoms with Crippen molar-refractivity contribution in [3.05, 3.63) is 70.9 Å². The summed E-state index contributed by atoms with van der Waals surface area (Å²) in [6.07, 6.45) is -3.36. The van der Waals surface area contributed by atoms with Crippen LogP contribution in [-0.4, -0.2) is 70.5 Å². The van der Waals surface area contributed by atoms with Gasteiger partial charge >= 0.3 is 12.2 Å². The van der Waals surface area contributed by atoms with E-state index >= 15 is 0 Å². The molecule has 0 bridgehead atoms. The highest BCUT2D eigenvalue weighted by Crippen LogP contribution is 2.31. The molecule has 3 aromatic rings. The highest BCUT2D eigenvalue weighted by atomic mass is 19.4. The number of halogens is 4. The van der Waals surface area contributed by atoms with Gasteiger partial charge in [0.1, 0.15) is 29.4 Å². The summed E-state index contributed by atoms with van der Waals surface area (Å²) in [7, 11) is 1.32. The van der Waals surface area contributed by atoms with E-state index in [1.807, 2.05) is 5.32 Å². The van der Waals surface area contributed by atoms with Crippen LogP contribution >= 0.6 is 0 Å². The summed E-state index contributed by atoms with van der Waals surface area (Å²) in [5.74, 6) is -2.35. The van der Waals surface area contributed by atoms with E-state index in [9.17, 15) is 31.9 Å². The van der Waals surface area contributed by atoms with Gasteiger partial charge in [0.05, 0.1) is 19.2 Å². The van der Waals surface area contributed by atoms with Crippen LogP contribution in [-0.2, 0) is 9.53 Å². The zero-order chi connectivity index (χ0) is 29.0. The minimum atomic E-state index is -4.64. The van der Waals surface area contributed by atoms with E-state index in [1.165, 1.54) is 44.5 Å². The van der Waals surface area contributed by atoms with Crippen molar-refractivity contribution in [3.8, 4) is 0 Å². The molecule has 4 rings (SSSR count). The number of carbonyl (C=O) groups excluding carboxylic acids is 3. The van der Waals surface area contributed by atoms with Gasteiger partial charge in [-0.05, 0) is 47.5 Å². The molecule has 212 valence electrons. The first kappa shape index (κ1) is 28.4. The SMILES string of the molecule is COC[C@H](c1ccnc(NC(=O)[C@@H](NC(=O)c2nonc2C)c2cccc(F)c2)c1)N1C[C@@H](C(F)(F)F)NC1=O. The van der Waals surface area contributed by atoms with Gasteiger partial charge in [-0.1, -0.05) is 17.3 Å². The highest BCUT2D eigenvalue weighted by molar-refractivity contribution is 6.00. The van der Waals surface area contributed by atoms with Crippen LogP contribution in [0.25, 0.3) is 0 Å². The Labute approximate surface area is 224 Å². The fourth-order valence-corrected chi connectivity index (χ4v) is 4.08. The number of ether oxygens (including phenoxy) is 1. The Kier molecular flexibility index (Phi) is 8.27. The van der Waals surface area contributed by atoms with E-state index in [2.05, 4.69) is 30.6 Å². The number of rotatable bonds is 9. The number of benzene rings is 1. The van der Waals surface area contributed by atoms with E-state index in [-0.39, 0.29) is 29.4 Å². The van der Waals surface area contributed by atoms with Crippen LogP contribution < -0.4 is 16.0 Å². The number of aromatic nitrogens is 3. The van der Waals surface area contributed by atoms with Crippen LogP contribution in [0.2, 0.25) is 0 Å². The molecule has 12 nitrogen and oxygen atoms in total. The van der Waals surface area contributed by atoms with Crippen molar-refractivity contribution < 1.29 is 41.3 Å². The second-order valence-corrected chi connectivity index (χ2v) is 8.79. The third-order valence-corrected chi connectivity index (χ3v) is 6.04. The molecule has 16 heteroatoms. The van der Waals surface area contributed by atoms with Gasteiger partial charge in [0.2, 0.25) is 0 Å². The van der Waals surface area contributed by atoms with E-state index in [4.69, 9.17) is 4.74 Å². The van der Waals surface area contributed by atoms with Gasteiger partial charge in [-0.25, -0.2) is 18.8 Å². The Morgan fingerprint density at radius 3 is 2.62 bits per heavy atom. The lowest BCUT2D eigenvalue weighted by molar-refractivity contribution is -0.150. The molecule has 0 radical (unpaired) electrons. The summed E-state index contributed by atoms with van der Waals surface area (Å²) >= 11 is 0. The molecule has 1 aromatic carbocycles. The average Bonchev–Trinajstić information content (AvgIpc) is 3.51. The van der Waals surface area contributed by atoms with Crippen molar-refractivity contribution in [1.29, 1.82) is 0 Å². The van der Waals surface area contributed by atoms with Crippen molar-refractivity contribution >= 4 is 23.7 Å². The second kappa shape index (κ2) is 11.6. The summed E-state index contributed by atoms with van der Waals surface area (Å²) in [5.41, 5.74) is 0.395. The van der Waals surface area contributed by atoms with Gasteiger partial charge in [0, 0.05) is 13.3 Å². The Balaban J connectivity index is 1.58. The number of amides is 4. The van der Waals surface area contributed by atoms with Crippen molar-refractivity contribution in [2.75, 3.05) is 25.6 Å². The Hall–Kier alpha value is -4.60. The van der Waals surface area contributed by atoms with Gasteiger partial charge < -0.3 is 25.6 Å². The molecule has 3 N–H and O–H groups in total. The molecule has 40 heavy (non-hydrogen) atoms. The molecule has 0 unspecified atom stereocenters. The number of nitrogens with one attached hydrogen (secondary N) is 3. The third-order valence-electron chi connectivity index (χ3n) is 6.04. The monoisotopic (exact) mass is 565 g/mol. The lowest BCUT2D eigenvalue weighted by Gasteiger charge is -2.27. The molecule has 1 aliphatic heterocycles. The third kappa shape index (κ3) is 6.33. The molecule has 3 atom stereocenters. The van der Waals surface area contributed by atoms with E-state index in [1.54, 1.807) is 0 Å². The fraction of sp³-hybridized carbons (Fsp3) is 0.333. The van der Waals surface area contributed by atoms with Gasteiger partial charge in [0.25, 0.3) is 11.8 Å². The molecule has 0 aliphatic carbocycles. The van der Waals surface area contributed by atoms with E-state index in [0.29, 0.717) is 5.56 Å². The predicted molar refractivity (Wildman–Crippen MR) is 128 cm³/mol. The molecular formula is C24H23F4N7O5. The van der Waals surface area contributed by atoms with Crippen molar-refractivity contribution in [1.82, 2.24) is 30.8 Å². The maximum Gasteiger partial charge on any atom is 0.410 e. The lowest BCUT2D eigenvalue weighted by atomic mass is 10.0. The summed E-state index contributed by atoms with van der Waals surface area (Å²) in [6, 6.07) is 2.44. The normalized spacial score (nSPS) is 16.8. The zero-order valence-electron chi connectivity index (χ0n) is 21.0. The molecule has 0 spiro atoms. The number of methoxy groups -OCH3 is 1. The smallest absolute Gasteiger partial charge is 0.382 e. The number of hydrogen-bond donors (Lipinski definition) is 3.